The van der Waals surface area contributed by atoms with Crippen LogP contribution < -0.4 is 16.4 Å². The zero-order valence-electron chi connectivity index (χ0n) is 24.8. The third-order valence-corrected chi connectivity index (χ3v) is 10.4. The van der Waals surface area contributed by atoms with Crippen molar-refractivity contribution in [3.05, 3.63) is 107 Å². The molecule has 1 aliphatic heterocycles. The summed E-state index contributed by atoms with van der Waals surface area (Å²) in [5, 5.41) is 16.6. The number of thiophene rings is 1. The Labute approximate surface area is 265 Å². The summed E-state index contributed by atoms with van der Waals surface area (Å²) in [5.74, 6) is -0.676. The number of primary amides is 1. The van der Waals surface area contributed by atoms with E-state index in [0.29, 0.717) is 45.7 Å². The van der Waals surface area contributed by atoms with Crippen LogP contribution in [0.3, 0.4) is 0 Å². The summed E-state index contributed by atoms with van der Waals surface area (Å²) in [6.45, 7) is 3.13. The van der Waals surface area contributed by atoms with E-state index < -0.39 is 33.2 Å². The molecule has 1 radical (unpaired) electrons. The molecule has 1 fully saturated rings. The number of hydrogen-bond donors (Lipinski definition) is 4. The number of aliphatic hydroxyl groups is 1. The van der Waals surface area contributed by atoms with E-state index in [2.05, 4.69) is 15.6 Å². The standard InChI is InChI=1S/C33H34FN4O5S2/c1-33(2,41)22-11-12-25(27(34)17-22)28-18-26(30(35)39)32(44-28)38-29-10-6-9-23(36-29)16-21(15-20-7-4-3-5-8-20)31(40)37-24-13-14-45(42,43)19-24/h3-12,17-18,24,41H,13-16,19H2,1-2H3,(H2,35,39)(H,36,38)(H,37,40). The molecule has 1 saturated heterocycles. The normalized spacial score (nSPS) is 16.1. The molecule has 4 aromatic rings. The van der Waals surface area contributed by atoms with Gasteiger partial charge >= 0.3 is 0 Å². The lowest BCUT2D eigenvalue weighted by molar-refractivity contribution is -0.120. The van der Waals surface area contributed by atoms with Crippen molar-refractivity contribution in [2.75, 3.05) is 16.8 Å². The molecule has 1 unspecified atom stereocenters. The van der Waals surface area contributed by atoms with Crippen LogP contribution in [-0.4, -0.2) is 47.9 Å². The first-order valence-corrected chi connectivity index (χ1v) is 17.0. The summed E-state index contributed by atoms with van der Waals surface area (Å²) in [6, 6.07) is 20.3. The molecular formula is C33H34FN4O5S2. The van der Waals surface area contributed by atoms with E-state index >= 15 is 4.39 Å². The number of pyridine rings is 1. The highest BCUT2D eigenvalue weighted by atomic mass is 32.2. The van der Waals surface area contributed by atoms with Crippen molar-refractivity contribution in [1.29, 1.82) is 0 Å². The molecule has 12 heteroatoms. The van der Waals surface area contributed by atoms with Crippen LogP contribution in [0.2, 0.25) is 0 Å². The second-order valence-electron chi connectivity index (χ2n) is 11.6. The summed E-state index contributed by atoms with van der Waals surface area (Å²) >= 11 is 1.13. The Morgan fingerprint density at radius 1 is 1.07 bits per heavy atom. The third kappa shape index (κ3) is 8.13. The summed E-state index contributed by atoms with van der Waals surface area (Å²) in [5.41, 5.74) is 6.78. The Bertz CT molecular complexity index is 1820. The number of nitrogens with zero attached hydrogens (tertiary/aromatic N) is 1. The molecule has 1 aliphatic rings. The van der Waals surface area contributed by atoms with Crippen LogP contribution in [0.1, 0.15) is 47.4 Å². The number of hydrogen-bond acceptors (Lipinski definition) is 8. The Kier molecular flexibility index (Phi) is 9.38. The first-order valence-electron chi connectivity index (χ1n) is 14.4. The minimum absolute atomic E-state index is 0.0533. The predicted molar refractivity (Wildman–Crippen MR) is 173 cm³/mol. The van der Waals surface area contributed by atoms with Crippen LogP contribution in [-0.2, 0) is 33.1 Å². The van der Waals surface area contributed by atoms with Crippen molar-refractivity contribution in [2.45, 2.75) is 44.8 Å². The van der Waals surface area contributed by atoms with Gasteiger partial charge in [-0.05, 0) is 62.1 Å². The van der Waals surface area contributed by atoms with Crippen LogP contribution >= 0.6 is 11.3 Å². The van der Waals surface area contributed by atoms with Gasteiger partial charge in [-0.15, -0.1) is 11.3 Å². The number of aromatic nitrogens is 1. The number of nitrogens with two attached hydrogens (primary N) is 1. The van der Waals surface area contributed by atoms with Gasteiger partial charge in [-0.25, -0.2) is 17.8 Å². The molecular weight excluding hydrogens is 616 g/mol. The molecule has 5 rings (SSSR count). The predicted octanol–water partition coefficient (Wildman–Crippen LogP) is 4.68. The minimum atomic E-state index is -3.16. The van der Waals surface area contributed by atoms with Crippen molar-refractivity contribution in [2.24, 2.45) is 5.73 Å². The van der Waals surface area contributed by atoms with Crippen LogP contribution in [0.25, 0.3) is 10.4 Å². The molecule has 2 aromatic carbocycles. The number of sulfone groups is 1. The lowest BCUT2D eigenvalue weighted by Gasteiger charge is -2.19. The van der Waals surface area contributed by atoms with E-state index in [0.717, 1.165) is 16.9 Å². The number of rotatable bonds is 11. The largest absolute Gasteiger partial charge is 0.386 e. The summed E-state index contributed by atoms with van der Waals surface area (Å²) in [7, 11) is -3.16. The SMILES string of the molecule is CC(C)(O)c1ccc(-c2cc(C(N)=O)c(Nc3cccc(C[C](Cc4ccccc4)C(=O)NC4CCS(=O)(=O)C4)n3)s2)c(F)c1. The van der Waals surface area contributed by atoms with Gasteiger partial charge in [0.2, 0.25) is 5.91 Å². The highest BCUT2D eigenvalue weighted by Crippen LogP contribution is 2.39. The summed E-state index contributed by atoms with van der Waals surface area (Å²) < 4.78 is 39.0. The molecule has 1 atom stereocenters. The number of anilines is 2. The van der Waals surface area contributed by atoms with E-state index in [4.69, 9.17) is 5.73 Å². The topological polar surface area (TPSA) is 151 Å². The molecule has 45 heavy (non-hydrogen) atoms. The van der Waals surface area contributed by atoms with Crippen molar-refractivity contribution >= 4 is 43.8 Å². The number of benzene rings is 2. The molecule has 0 saturated carbocycles. The second-order valence-corrected chi connectivity index (χ2v) is 14.9. The van der Waals surface area contributed by atoms with Gasteiger partial charge in [0.1, 0.15) is 16.6 Å². The molecule has 0 bridgehead atoms. The number of amides is 2. The number of carbonyl (C=O) groups excluding carboxylic acids is 2. The average molecular weight is 650 g/mol. The fourth-order valence-electron chi connectivity index (χ4n) is 5.14. The van der Waals surface area contributed by atoms with Gasteiger partial charge in [0, 0.05) is 28.6 Å². The second kappa shape index (κ2) is 13.1. The van der Waals surface area contributed by atoms with Crippen molar-refractivity contribution < 1.29 is 27.5 Å². The Morgan fingerprint density at radius 2 is 1.82 bits per heavy atom. The average Bonchev–Trinajstić information content (AvgIpc) is 3.55. The highest BCUT2D eigenvalue weighted by molar-refractivity contribution is 7.91. The Hall–Kier alpha value is -4.13. The van der Waals surface area contributed by atoms with Gasteiger partial charge < -0.3 is 21.5 Å². The van der Waals surface area contributed by atoms with Gasteiger partial charge in [0.05, 0.1) is 28.6 Å². The highest BCUT2D eigenvalue weighted by Gasteiger charge is 2.31. The summed E-state index contributed by atoms with van der Waals surface area (Å²) in [4.78, 5) is 30.8. The lowest BCUT2D eigenvalue weighted by atomic mass is 9.93. The fourth-order valence-corrected chi connectivity index (χ4v) is 7.91. The molecule has 0 aliphatic carbocycles. The Balaban J connectivity index is 1.37. The molecule has 235 valence electrons. The zero-order valence-corrected chi connectivity index (χ0v) is 26.5. The van der Waals surface area contributed by atoms with Gasteiger partial charge in [0.25, 0.3) is 5.91 Å². The van der Waals surface area contributed by atoms with Crippen LogP contribution in [0.5, 0.6) is 0 Å². The number of halogens is 1. The van der Waals surface area contributed by atoms with E-state index in [9.17, 15) is 23.1 Å². The van der Waals surface area contributed by atoms with E-state index in [1.165, 1.54) is 12.1 Å². The molecule has 3 heterocycles. The smallest absolute Gasteiger partial charge is 0.251 e. The van der Waals surface area contributed by atoms with Crippen LogP contribution in [0.15, 0.2) is 72.8 Å². The van der Waals surface area contributed by atoms with Crippen molar-refractivity contribution in [3.63, 3.8) is 0 Å². The van der Waals surface area contributed by atoms with E-state index in [1.54, 1.807) is 44.2 Å². The number of carbonyl (C=O) groups is 2. The monoisotopic (exact) mass is 649 g/mol. The van der Waals surface area contributed by atoms with Crippen LogP contribution in [0, 0.1) is 11.7 Å². The van der Waals surface area contributed by atoms with Gasteiger partial charge in [-0.1, -0.05) is 48.5 Å². The maximum atomic E-state index is 15.1. The fraction of sp³-hybridized carbons (Fsp3) is 0.273. The quantitative estimate of drug-likeness (QED) is 0.184. The first kappa shape index (κ1) is 32.3. The van der Waals surface area contributed by atoms with Gasteiger partial charge in [-0.2, -0.15) is 0 Å². The van der Waals surface area contributed by atoms with Crippen molar-refractivity contribution in [1.82, 2.24) is 10.3 Å². The Morgan fingerprint density at radius 3 is 2.47 bits per heavy atom. The molecule has 9 nitrogen and oxygen atoms in total. The molecule has 2 aromatic heterocycles. The zero-order chi connectivity index (χ0) is 32.4. The number of nitrogens with one attached hydrogen (secondary N) is 2. The van der Waals surface area contributed by atoms with E-state index in [1.807, 2.05) is 30.3 Å². The maximum Gasteiger partial charge on any atom is 0.251 e. The van der Waals surface area contributed by atoms with E-state index in [-0.39, 0.29) is 35.0 Å². The lowest BCUT2D eigenvalue weighted by Crippen LogP contribution is -2.40. The molecule has 2 amide bonds. The van der Waals surface area contributed by atoms with Crippen LogP contribution in [0.4, 0.5) is 15.2 Å². The van der Waals surface area contributed by atoms with Gasteiger partial charge in [-0.3, -0.25) is 9.59 Å². The summed E-state index contributed by atoms with van der Waals surface area (Å²) in [6.07, 6.45) is 0.930. The minimum Gasteiger partial charge on any atom is -0.386 e. The molecule has 0 spiro atoms. The molecule has 5 N–H and O–H groups in total. The first-order chi connectivity index (χ1) is 21.3. The van der Waals surface area contributed by atoms with Crippen molar-refractivity contribution in [3.8, 4) is 10.4 Å². The maximum absolute atomic E-state index is 15.1. The third-order valence-electron chi connectivity index (χ3n) is 7.53. The van der Waals surface area contributed by atoms with Gasteiger partial charge in [0.15, 0.2) is 9.84 Å².